The SMILES string of the molecule is Cc1cccc2nc(N)n(-c3cccc(Cl)c3)c12. The number of aryl methyl sites for hydroxylation is 1. The van der Waals surface area contributed by atoms with Crippen LogP contribution in [0.4, 0.5) is 5.95 Å². The molecule has 0 amide bonds. The lowest BCUT2D eigenvalue weighted by molar-refractivity contribution is 1.10. The van der Waals surface area contributed by atoms with Crippen LogP contribution in [0.1, 0.15) is 5.56 Å². The number of anilines is 1. The van der Waals surface area contributed by atoms with Gasteiger partial charge in [0.15, 0.2) is 0 Å². The van der Waals surface area contributed by atoms with E-state index in [9.17, 15) is 0 Å². The predicted molar refractivity (Wildman–Crippen MR) is 75.2 cm³/mol. The van der Waals surface area contributed by atoms with Gasteiger partial charge in [0.05, 0.1) is 16.7 Å². The maximum Gasteiger partial charge on any atom is 0.205 e. The highest BCUT2D eigenvalue weighted by atomic mass is 35.5. The van der Waals surface area contributed by atoms with Crippen molar-refractivity contribution in [3.63, 3.8) is 0 Å². The van der Waals surface area contributed by atoms with Crippen molar-refractivity contribution in [2.45, 2.75) is 6.92 Å². The largest absolute Gasteiger partial charge is 0.369 e. The highest BCUT2D eigenvalue weighted by molar-refractivity contribution is 6.30. The summed E-state index contributed by atoms with van der Waals surface area (Å²) in [6, 6.07) is 13.6. The second-order valence-corrected chi connectivity index (χ2v) is 4.66. The van der Waals surface area contributed by atoms with E-state index in [0.29, 0.717) is 11.0 Å². The summed E-state index contributed by atoms with van der Waals surface area (Å²) in [6.45, 7) is 2.05. The number of hydrogen-bond acceptors (Lipinski definition) is 2. The maximum atomic E-state index is 6.03. The molecule has 90 valence electrons. The van der Waals surface area contributed by atoms with Crippen LogP contribution in [-0.2, 0) is 0 Å². The van der Waals surface area contributed by atoms with Gasteiger partial charge in [-0.3, -0.25) is 4.57 Å². The lowest BCUT2D eigenvalue weighted by Gasteiger charge is -2.08. The minimum atomic E-state index is 0.474. The Labute approximate surface area is 110 Å². The lowest BCUT2D eigenvalue weighted by Crippen LogP contribution is -2.01. The summed E-state index contributed by atoms with van der Waals surface area (Å²) in [7, 11) is 0. The second-order valence-electron chi connectivity index (χ2n) is 4.23. The normalized spacial score (nSPS) is 11.0. The van der Waals surface area contributed by atoms with E-state index in [1.807, 2.05) is 54.0 Å². The lowest BCUT2D eigenvalue weighted by atomic mass is 10.2. The Balaban J connectivity index is 2.38. The molecule has 2 N–H and O–H groups in total. The van der Waals surface area contributed by atoms with Crippen molar-refractivity contribution in [2.24, 2.45) is 0 Å². The molecule has 3 nitrogen and oxygen atoms in total. The molecule has 0 aliphatic heterocycles. The van der Waals surface area contributed by atoms with Crippen molar-refractivity contribution in [3.8, 4) is 5.69 Å². The molecule has 0 aliphatic carbocycles. The van der Waals surface area contributed by atoms with E-state index >= 15 is 0 Å². The highest BCUT2D eigenvalue weighted by Crippen LogP contribution is 2.26. The molecule has 0 fully saturated rings. The monoisotopic (exact) mass is 257 g/mol. The van der Waals surface area contributed by atoms with Crippen LogP contribution in [0, 0.1) is 6.92 Å². The number of aromatic nitrogens is 2. The standard InChI is InChI=1S/C14H12ClN3/c1-9-4-2-7-12-13(9)18(14(16)17-12)11-6-3-5-10(15)8-11/h2-8H,1H3,(H2,16,17). The van der Waals surface area contributed by atoms with E-state index in [2.05, 4.69) is 4.98 Å². The molecule has 1 aromatic heterocycles. The Kier molecular flexibility index (Phi) is 2.49. The third-order valence-electron chi connectivity index (χ3n) is 2.97. The van der Waals surface area contributed by atoms with Gasteiger partial charge in [0.25, 0.3) is 0 Å². The van der Waals surface area contributed by atoms with Crippen molar-refractivity contribution < 1.29 is 0 Å². The number of nitrogen functional groups attached to an aromatic ring is 1. The van der Waals surface area contributed by atoms with E-state index < -0.39 is 0 Å². The van der Waals surface area contributed by atoms with E-state index in [1.54, 1.807) is 0 Å². The van der Waals surface area contributed by atoms with Gasteiger partial charge in [0.1, 0.15) is 0 Å². The number of nitrogens with zero attached hydrogens (tertiary/aromatic N) is 2. The first-order valence-electron chi connectivity index (χ1n) is 5.66. The molecule has 18 heavy (non-hydrogen) atoms. The first-order chi connectivity index (χ1) is 8.66. The van der Waals surface area contributed by atoms with Crippen LogP contribution in [0.3, 0.4) is 0 Å². The van der Waals surface area contributed by atoms with Crippen LogP contribution in [0.2, 0.25) is 5.02 Å². The fourth-order valence-corrected chi connectivity index (χ4v) is 2.37. The van der Waals surface area contributed by atoms with Crippen LogP contribution in [-0.4, -0.2) is 9.55 Å². The molecule has 2 aromatic carbocycles. The number of rotatable bonds is 1. The topological polar surface area (TPSA) is 43.8 Å². The van der Waals surface area contributed by atoms with Gasteiger partial charge in [-0.25, -0.2) is 4.98 Å². The minimum absolute atomic E-state index is 0.474. The Morgan fingerprint density at radius 1 is 1.17 bits per heavy atom. The molecule has 3 aromatic rings. The molecule has 0 aliphatic rings. The quantitative estimate of drug-likeness (QED) is 0.724. The molecular weight excluding hydrogens is 246 g/mol. The number of halogens is 1. The van der Waals surface area contributed by atoms with Crippen molar-refractivity contribution >= 4 is 28.6 Å². The fraction of sp³-hybridized carbons (Fsp3) is 0.0714. The van der Waals surface area contributed by atoms with Gasteiger partial charge in [0.2, 0.25) is 5.95 Å². The highest BCUT2D eigenvalue weighted by Gasteiger charge is 2.11. The third-order valence-corrected chi connectivity index (χ3v) is 3.21. The Morgan fingerprint density at radius 2 is 1.94 bits per heavy atom. The molecule has 0 atom stereocenters. The number of benzene rings is 2. The van der Waals surface area contributed by atoms with E-state index in [1.165, 1.54) is 0 Å². The average Bonchev–Trinajstić information content (AvgIpc) is 2.67. The Hall–Kier alpha value is -2.00. The molecule has 0 saturated heterocycles. The van der Waals surface area contributed by atoms with Gasteiger partial charge in [-0.2, -0.15) is 0 Å². The second kappa shape index (κ2) is 4.03. The molecule has 4 heteroatoms. The first kappa shape index (κ1) is 11.1. The Morgan fingerprint density at radius 3 is 2.72 bits per heavy atom. The van der Waals surface area contributed by atoms with Crippen LogP contribution >= 0.6 is 11.6 Å². The number of para-hydroxylation sites is 1. The molecule has 0 saturated carbocycles. The number of imidazole rings is 1. The van der Waals surface area contributed by atoms with E-state index in [0.717, 1.165) is 22.3 Å². The van der Waals surface area contributed by atoms with Crippen molar-refractivity contribution in [2.75, 3.05) is 5.73 Å². The van der Waals surface area contributed by atoms with Crippen LogP contribution in [0.25, 0.3) is 16.7 Å². The van der Waals surface area contributed by atoms with Gasteiger partial charge in [-0.05, 0) is 36.8 Å². The number of nitrogens with two attached hydrogens (primary N) is 1. The molecular formula is C14H12ClN3. The summed E-state index contributed by atoms with van der Waals surface area (Å²) in [4.78, 5) is 4.38. The van der Waals surface area contributed by atoms with Gasteiger partial charge in [-0.1, -0.05) is 29.8 Å². The van der Waals surface area contributed by atoms with Crippen LogP contribution in [0.5, 0.6) is 0 Å². The number of hydrogen-bond donors (Lipinski definition) is 1. The molecule has 3 rings (SSSR count). The minimum Gasteiger partial charge on any atom is -0.369 e. The van der Waals surface area contributed by atoms with Crippen molar-refractivity contribution in [3.05, 3.63) is 53.1 Å². The fourth-order valence-electron chi connectivity index (χ4n) is 2.19. The summed E-state index contributed by atoms with van der Waals surface area (Å²) in [6.07, 6.45) is 0. The molecule has 0 bridgehead atoms. The smallest absolute Gasteiger partial charge is 0.205 e. The summed E-state index contributed by atoms with van der Waals surface area (Å²) >= 11 is 6.03. The zero-order valence-electron chi connectivity index (χ0n) is 9.89. The van der Waals surface area contributed by atoms with Gasteiger partial charge in [0, 0.05) is 5.02 Å². The van der Waals surface area contributed by atoms with Crippen LogP contribution < -0.4 is 5.73 Å². The molecule has 0 unspecified atom stereocenters. The van der Waals surface area contributed by atoms with Crippen molar-refractivity contribution in [1.82, 2.24) is 9.55 Å². The zero-order valence-corrected chi connectivity index (χ0v) is 10.6. The zero-order chi connectivity index (χ0) is 12.7. The molecule has 0 spiro atoms. The third kappa shape index (κ3) is 1.64. The summed E-state index contributed by atoms with van der Waals surface area (Å²) < 4.78 is 1.93. The summed E-state index contributed by atoms with van der Waals surface area (Å²) in [5, 5.41) is 0.683. The Bertz CT molecular complexity index is 731. The van der Waals surface area contributed by atoms with Gasteiger partial charge < -0.3 is 5.73 Å². The van der Waals surface area contributed by atoms with E-state index in [-0.39, 0.29) is 0 Å². The van der Waals surface area contributed by atoms with Crippen molar-refractivity contribution in [1.29, 1.82) is 0 Å². The first-order valence-corrected chi connectivity index (χ1v) is 6.04. The average molecular weight is 258 g/mol. The van der Waals surface area contributed by atoms with Crippen LogP contribution in [0.15, 0.2) is 42.5 Å². The summed E-state index contributed by atoms with van der Waals surface area (Å²) in [5.74, 6) is 0.474. The predicted octanol–water partition coefficient (Wildman–Crippen LogP) is 3.57. The summed E-state index contributed by atoms with van der Waals surface area (Å²) in [5.41, 5.74) is 10.00. The molecule has 1 heterocycles. The van der Waals surface area contributed by atoms with E-state index in [4.69, 9.17) is 17.3 Å². The van der Waals surface area contributed by atoms with Gasteiger partial charge in [-0.15, -0.1) is 0 Å². The number of fused-ring (bicyclic) bond motifs is 1. The maximum absolute atomic E-state index is 6.03. The molecule has 0 radical (unpaired) electrons. The van der Waals surface area contributed by atoms with Gasteiger partial charge >= 0.3 is 0 Å².